The number of hydrogen-bond donors (Lipinski definition) is 1. The summed E-state index contributed by atoms with van der Waals surface area (Å²) in [5.41, 5.74) is 2.97. The van der Waals surface area contributed by atoms with E-state index < -0.39 is 0 Å². The van der Waals surface area contributed by atoms with E-state index in [0.717, 1.165) is 12.0 Å². The minimum absolute atomic E-state index is 0.731. The van der Waals surface area contributed by atoms with Gasteiger partial charge in [-0.3, -0.25) is 0 Å². The summed E-state index contributed by atoms with van der Waals surface area (Å²) in [6, 6.07) is 9.51. The smallest absolute Gasteiger partial charge is 0.00389 e. The molecule has 1 aromatic carbocycles. The summed E-state index contributed by atoms with van der Waals surface area (Å²) < 4.78 is 0. The molecule has 1 nitrogen and oxygen atoms in total. The van der Waals surface area contributed by atoms with E-state index in [1.54, 1.807) is 0 Å². The van der Waals surface area contributed by atoms with Crippen molar-refractivity contribution in [2.75, 3.05) is 6.54 Å². The highest BCUT2D eigenvalue weighted by Crippen LogP contribution is 2.20. The third-order valence-corrected chi connectivity index (χ3v) is 3.85. The molecule has 2 atom stereocenters. The van der Waals surface area contributed by atoms with Crippen LogP contribution in [0.2, 0.25) is 0 Å². The molecule has 88 valence electrons. The molecule has 2 rings (SSSR count). The van der Waals surface area contributed by atoms with Crippen molar-refractivity contribution >= 4 is 0 Å². The number of nitrogens with one attached hydrogen (secondary N) is 1. The van der Waals surface area contributed by atoms with Gasteiger partial charge in [-0.25, -0.2) is 0 Å². The molecule has 1 N–H and O–H groups in total. The van der Waals surface area contributed by atoms with Crippen molar-refractivity contribution in [3.05, 3.63) is 35.4 Å². The van der Waals surface area contributed by atoms with Gasteiger partial charge in [-0.1, -0.05) is 24.3 Å². The molecule has 0 radical (unpaired) electrons. The van der Waals surface area contributed by atoms with E-state index in [2.05, 4.69) is 43.4 Å². The van der Waals surface area contributed by atoms with Crippen LogP contribution in [0, 0.1) is 12.8 Å². The SMILES string of the molecule is Cc1ccccc1CCC1CCC(C)NC1. The van der Waals surface area contributed by atoms with Crippen LogP contribution in [0.3, 0.4) is 0 Å². The number of piperidine rings is 1. The molecule has 1 heterocycles. The standard InChI is InChI=1S/C15H23N/c1-12-5-3-4-6-15(12)10-9-14-8-7-13(2)16-11-14/h3-6,13-14,16H,7-11H2,1-2H3. The molecule has 0 aromatic heterocycles. The number of benzene rings is 1. The maximum Gasteiger partial charge on any atom is 0.00389 e. The zero-order chi connectivity index (χ0) is 11.4. The summed E-state index contributed by atoms with van der Waals surface area (Å²) in [5, 5.41) is 3.58. The predicted molar refractivity (Wildman–Crippen MR) is 69.7 cm³/mol. The number of rotatable bonds is 3. The van der Waals surface area contributed by atoms with Gasteiger partial charge in [0.1, 0.15) is 0 Å². The average Bonchev–Trinajstić information content (AvgIpc) is 2.30. The first-order chi connectivity index (χ1) is 7.75. The van der Waals surface area contributed by atoms with E-state index in [1.165, 1.54) is 43.4 Å². The van der Waals surface area contributed by atoms with Gasteiger partial charge >= 0.3 is 0 Å². The highest BCUT2D eigenvalue weighted by atomic mass is 14.9. The highest BCUT2D eigenvalue weighted by molar-refractivity contribution is 5.25. The summed E-state index contributed by atoms with van der Waals surface area (Å²) in [6.07, 6.45) is 5.33. The molecule has 0 bridgehead atoms. The molecule has 1 aromatic rings. The van der Waals surface area contributed by atoms with E-state index in [1.807, 2.05) is 0 Å². The summed E-state index contributed by atoms with van der Waals surface area (Å²) in [7, 11) is 0. The topological polar surface area (TPSA) is 12.0 Å². The van der Waals surface area contributed by atoms with Crippen molar-refractivity contribution in [1.82, 2.24) is 5.32 Å². The van der Waals surface area contributed by atoms with Crippen LogP contribution >= 0.6 is 0 Å². The second-order valence-corrected chi connectivity index (χ2v) is 5.22. The largest absolute Gasteiger partial charge is 0.314 e. The predicted octanol–water partition coefficient (Wildman–Crippen LogP) is 3.32. The molecule has 0 spiro atoms. The van der Waals surface area contributed by atoms with Crippen LogP contribution in [0.5, 0.6) is 0 Å². The van der Waals surface area contributed by atoms with Crippen molar-refractivity contribution in [3.63, 3.8) is 0 Å². The fourth-order valence-corrected chi connectivity index (χ4v) is 2.55. The lowest BCUT2D eigenvalue weighted by atomic mass is 9.89. The first-order valence-corrected chi connectivity index (χ1v) is 6.53. The number of aryl methyl sites for hydroxylation is 2. The molecule has 16 heavy (non-hydrogen) atoms. The molecule has 1 aliphatic rings. The second kappa shape index (κ2) is 5.49. The molecule has 0 amide bonds. The Labute approximate surface area is 99.3 Å². The molecule has 1 saturated heterocycles. The van der Waals surface area contributed by atoms with Gasteiger partial charge in [0.15, 0.2) is 0 Å². The molecular formula is C15H23N. The Morgan fingerprint density at radius 3 is 2.75 bits per heavy atom. The van der Waals surface area contributed by atoms with Crippen molar-refractivity contribution in [1.29, 1.82) is 0 Å². The van der Waals surface area contributed by atoms with Crippen LogP contribution in [-0.2, 0) is 6.42 Å². The fourth-order valence-electron chi connectivity index (χ4n) is 2.55. The molecular weight excluding hydrogens is 194 g/mol. The molecule has 0 saturated carbocycles. The molecule has 1 aliphatic heterocycles. The lowest BCUT2D eigenvalue weighted by molar-refractivity contribution is 0.309. The van der Waals surface area contributed by atoms with Gasteiger partial charge in [-0.05, 0) is 63.1 Å². The third-order valence-electron chi connectivity index (χ3n) is 3.85. The minimum atomic E-state index is 0.731. The van der Waals surface area contributed by atoms with Gasteiger partial charge in [0.25, 0.3) is 0 Å². The van der Waals surface area contributed by atoms with Crippen LogP contribution < -0.4 is 5.32 Å². The van der Waals surface area contributed by atoms with Crippen LogP contribution in [0.1, 0.15) is 37.3 Å². The van der Waals surface area contributed by atoms with Crippen molar-refractivity contribution < 1.29 is 0 Å². The average molecular weight is 217 g/mol. The first kappa shape index (κ1) is 11.7. The van der Waals surface area contributed by atoms with Crippen LogP contribution in [-0.4, -0.2) is 12.6 Å². The Kier molecular flexibility index (Phi) is 4.00. The summed E-state index contributed by atoms with van der Waals surface area (Å²) in [5.74, 6) is 0.885. The Hall–Kier alpha value is -0.820. The van der Waals surface area contributed by atoms with E-state index in [9.17, 15) is 0 Å². The Morgan fingerprint density at radius 1 is 1.25 bits per heavy atom. The van der Waals surface area contributed by atoms with Crippen molar-refractivity contribution in [2.45, 2.75) is 45.6 Å². The second-order valence-electron chi connectivity index (χ2n) is 5.22. The van der Waals surface area contributed by atoms with Gasteiger partial charge < -0.3 is 5.32 Å². The summed E-state index contributed by atoms with van der Waals surface area (Å²) in [4.78, 5) is 0. The van der Waals surface area contributed by atoms with E-state index >= 15 is 0 Å². The number of hydrogen-bond acceptors (Lipinski definition) is 1. The first-order valence-electron chi connectivity index (χ1n) is 6.53. The van der Waals surface area contributed by atoms with Gasteiger partial charge in [-0.2, -0.15) is 0 Å². The van der Waals surface area contributed by atoms with Crippen LogP contribution in [0.15, 0.2) is 24.3 Å². The molecule has 0 aliphatic carbocycles. The molecule has 1 heteroatoms. The minimum Gasteiger partial charge on any atom is -0.314 e. The Balaban J connectivity index is 1.81. The molecule has 1 fully saturated rings. The van der Waals surface area contributed by atoms with Crippen LogP contribution in [0.4, 0.5) is 0 Å². The maximum atomic E-state index is 3.58. The maximum absolute atomic E-state index is 3.58. The van der Waals surface area contributed by atoms with Crippen molar-refractivity contribution in [3.8, 4) is 0 Å². The van der Waals surface area contributed by atoms with Crippen molar-refractivity contribution in [2.24, 2.45) is 5.92 Å². The van der Waals surface area contributed by atoms with Gasteiger partial charge in [0.2, 0.25) is 0 Å². The van der Waals surface area contributed by atoms with Crippen LogP contribution in [0.25, 0.3) is 0 Å². The van der Waals surface area contributed by atoms with E-state index in [4.69, 9.17) is 0 Å². The van der Waals surface area contributed by atoms with Gasteiger partial charge in [0, 0.05) is 6.04 Å². The van der Waals surface area contributed by atoms with E-state index in [0.29, 0.717) is 0 Å². The quantitative estimate of drug-likeness (QED) is 0.819. The van der Waals surface area contributed by atoms with Gasteiger partial charge in [0.05, 0.1) is 0 Å². The lowest BCUT2D eigenvalue weighted by Crippen LogP contribution is -2.36. The summed E-state index contributed by atoms with van der Waals surface area (Å²) >= 11 is 0. The normalized spacial score (nSPS) is 25.6. The van der Waals surface area contributed by atoms with Gasteiger partial charge in [-0.15, -0.1) is 0 Å². The Bertz CT molecular complexity index is 324. The summed E-state index contributed by atoms with van der Waals surface area (Å²) in [6.45, 7) is 5.72. The third kappa shape index (κ3) is 3.08. The zero-order valence-electron chi connectivity index (χ0n) is 10.5. The zero-order valence-corrected chi connectivity index (χ0v) is 10.5. The van der Waals surface area contributed by atoms with E-state index in [-0.39, 0.29) is 0 Å². The fraction of sp³-hybridized carbons (Fsp3) is 0.600. The Morgan fingerprint density at radius 2 is 2.06 bits per heavy atom. The lowest BCUT2D eigenvalue weighted by Gasteiger charge is -2.27. The highest BCUT2D eigenvalue weighted by Gasteiger charge is 2.17. The monoisotopic (exact) mass is 217 g/mol. The molecule has 2 unspecified atom stereocenters.